The third kappa shape index (κ3) is 3.90. The molecule has 0 aliphatic heterocycles. The molecule has 0 spiro atoms. The lowest BCUT2D eigenvalue weighted by Gasteiger charge is -2.19. The minimum absolute atomic E-state index is 0.467. The molecule has 0 saturated carbocycles. The normalized spacial score (nSPS) is 11.8. The monoisotopic (exact) mass is 274 g/mol. The molecule has 1 N–H and O–H groups in total. The molecule has 1 aromatic carbocycles. The maximum absolute atomic E-state index is 11.9. The van der Waals surface area contributed by atoms with Crippen LogP contribution in [0.4, 0.5) is 5.69 Å². The Kier molecular flexibility index (Phi) is 5.30. The van der Waals surface area contributed by atoms with E-state index in [1.165, 1.54) is 4.31 Å². The molecule has 1 rings (SSSR count). The average molecular weight is 274 g/mol. The van der Waals surface area contributed by atoms with Gasteiger partial charge in [-0.15, -0.1) is 11.8 Å². The van der Waals surface area contributed by atoms with Crippen molar-refractivity contribution in [2.24, 2.45) is 0 Å². The highest BCUT2D eigenvalue weighted by atomic mass is 32.2. The molecule has 0 bridgehead atoms. The molecule has 17 heavy (non-hydrogen) atoms. The van der Waals surface area contributed by atoms with Crippen LogP contribution in [0.3, 0.4) is 0 Å². The fourth-order valence-corrected chi connectivity index (χ4v) is 3.09. The molecule has 6 heteroatoms. The van der Waals surface area contributed by atoms with Crippen LogP contribution in [0.5, 0.6) is 0 Å². The zero-order valence-electron chi connectivity index (χ0n) is 10.3. The van der Waals surface area contributed by atoms with Gasteiger partial charge >= 0.3 is 10.2 Å². The Balaban J connectivity index is 2.82. The van der Waals surface area contributed by atoms with Gasteiger partial charge in [-0.3, -0.25) is 4.72 Å². The summed E-state index contributed by atoms with van der Waals surface area (Å²) in [6, 6.07) is 7.33. The summed E-state index contributed by atoms with van der Waals surface area (Å²) in [5, 5.41) is 0. The largest absolute Gasteiger partial charge is 0.301 e. The van der Waals surface area contributed by atoms with Crippen molar-refractivity contribution in [2.75, 3.05) is 24.1 Å². The SMILES string of the molecule is CCN(CC)S(=O)(=O)Nc1ccc(SC)cc1. The van der Waals surface area contributed by atoms with Crippen LogP contribution in [0.2, 0.25) is 0 Å². The Morgan fingerprint density at radius 1 is 1.18 bits per heavy atom. The van der Waals surface area contributed by atoms with Crippen molar-refractivity contribution in [2.45, 2.75) is 18.7 Å². The van der Waals surface area contributed by atoms with Gasteiger partial charge in [0.1, 0.15) is 0 Å². The second-order valence-electron chi connectivity index (χ2n) is 3.42. The van der Waals surface area contributed by atoms with Crippen LogP contribution in [-0.4, -0.2) is 32.1 Å². The Morgan fingerprint density at radius 3 is 2.12 bits per heavy atom. The summed E-state index contributed by atoms with van der Waals surface area (Å²) in [6.07, 6.45) is 1.98. The third-order valence-electron chi connectivity index (χ3n) is 2.38. The highest BCUT2D eigenvalue weighted by molar-refractivity contribution is 7.98. The van der Waals surface area contributed by atoms with Crippen LogP contribution in [0.15, 0.2) is 29.2 Å². The summed E-state index contributed by atoms with van der Waals surface area (Å²) >= 11 is 1.62. The van der Waals surface area contributed by atoms with E-state index in [1.807, 2.05) is 32.2 Å². The first-order valence-corrected chi connectivity index (χ1v) is 8.12. The highest BCUT2D eigenvalue weighted by Crippen LogP contribution is 2.18. The van der Waals surface area contributed by atoms with E-state index < -0.39 is 10.2 Å². The molecule has 0 amide bonds. The summed E-state index contributed by atoms with van der Waals surface area (Å²) in [7, 11) is -3.42. The minimum Gasteiger partial charge on any atom is -0.271 e. The van der Waals surface area contributed by atoms with Crippen molar-refractivity contribution in [3.63, 3.8) is 0 Å². The van der Waals surface area contributed by atoms with E-state index in [9.17, 15) is 8.42 Å². The zero-order chi connectivity index (χ0) is 12.9. The van der Waals surface area contributed by atoms with Crippen molar-refractivity contribution < 1.29 is 8.42 Å². The third-order valence-corrected chi connectivity index (χ3v) is 4.82. The topological polar surface area (TPSA) is 49.4 Å². The second-order valence-corrected chi connectivity index (χ2v) is 5.97. The quantitative estimate of drug-likeness (QED) is 0.810. The van der Waals surface area contributed by atoms with E-state index in [-0.39, 0.29) is 0 Å². The van der Waals surface area contributed by atoms with Crippen molar-refractivity contribution in [3.8, 4) is 0 Å². The van der Waals surface area contributed by atoms with Gasteiger partial charge in [-0.25, -0.2) is 0 Å². The van der Waals surface area contributed by atoms with E-state index in [1.54, 1.807) is 23.9 Å². The van der Waals surface area contributed by atoms with Gasteiger partial charge in [-0.05, 0) is 30.5 Å². The molecule has 96 valence electrons. The van der Waals surface area contributed by atoms with Crippen molar-refractivity contribution >= 4 is 27.7 Å². The Morgan fingerprint density at radius 2 is 1.71 bits per heavy atom. The number of nitrogens with zero attached hydrogens (tertiary/aromatic N) is 1. The first kappa shape index (κ1) is 14.3. The molecule has 0 fully saturated rings. The smallest absolute Gasteiger partial charge is 0.271 e. The van der Waals surface area contributed by atoms with Crippen molar-refractivity contribution in [1.29, 1.82) is 0 Å². The highest BCUT2D eigenvalue weighted by Gasteiger charge is 2.17. The molecule has 0 aliphatic carbocycles. The molecule has 4 nitrogen and oxygen atoms in total. The van der Waals surface area contributed by atoms with E-state index in [4.69, 9.17) is 0 Å². The predicted octanol–water partition coefficient (Wildman–Crippen LogP) is 2.41. The van der Waals surface area contributed by atoms with Gasteiger partial charge in [0.2, 0.25) is 0 Å². The average Bonchev–Trinajstić information content (AvgIpc) is 2.30. The van der Waals surface area contributed by atoms with Crippen LogP contribution >= 0.6 is 11.8 Å². The maximum Gasteiger partial charge on any atom is 0.301 e. The van der Waals surface area contributed by atoms with Crippen LogP contribution in [0.25, 0.3) is 0 Å². The summed E-state index contributed by atoms with van der Waals surface area (Å²) in [5.41, 5.74) is 0.592. The standard InChI is InChI=1S/C11H18N2O2S2/c1-4-13(5-2)17(14,15)12-10-6-8-11(16-3)9-7-10/h6-9,12H,4-5H2,1-3H3. The van der Waals surface area contributed by atoms with Gasteiger partial charge in [0, 0.05) is 23.7 Å². The molecule has 0 saturated heterocycles. The Labute approximate surface area is 108 Å². The van der Waals surface area contributed by atoms with Crippen LogP contribution < -0.4 is 4.72 Å². The zero-order valence-corrected chi connectivity index (χ0v) is 11.9. The molecule has 0 heterocycles. The number of thioether (sulfide) groups is 1. The van der Waals surface area contributed by atoms with E-state index in [2.05, 4.69) is 4.72 Å². The number of rotatable bonds is 6. The van der Waals surface area contributed by atoms with Crippen molar-refractivity contribution in [1.82, 2.24) is 4.31 Å². The minimum atomic E-state index is -3.42. The van der Waals surface area contributed by atoms with Gasteiger partial charge in [-0.2, -0.15) is 12.7 Å². The van der Waals surface area contributed by atoms with Crippen LogP contribution in [0.1, 0.15) is 13.8 Å². The van der Waals surface area contributed by atoms with Gasteiger partial charge < -0.3 is 0 Å². The summed E-state index contributed by atoms with van der Waals surface area (Å²) in [6.45, 7) is 4.57. The molecular weight excluding hydrogens is 256 g/mol. The van der Waals surface area contributed by atoms with E-state index in [0.717, 1.165) is 4.90 Å². The Bertz CT molecular complexity index is 439. The maximum atomic E-state index is 11.9. The molecule has 0 unspecified atom stereocenters. The summed E-state index contributed by atoms with van der Waals surface area (Å²) < 4.78 is 27.8. The van der Waals surface area contributed by atoms with Crippen LogP contribution in [-0.2, 0) is 10.2 Å². The molecule has 0 aliphatic rings. The molecule has 1 aromatic rings. The molecule has 0 atom stereocenters. The van der Waals surface area contributed by atoms with Gasteiger partial charge in [0.05, 0.1) is 0 Å². The lowest BCUT2D eigenvalue weighted by atomic mass is 10.3. The van der Waals surface area contributed by atoms with Gasteiger partial charge in [-0.1, -0.05) is 13.8 Å². The number of hydrogen-bond acceptors (Lipinski definition) is 3. The summed E-state index contributed by atoms with van der Waals surface area (Å²) in [4.78, 5) is 1.11. The van der Waals surface area contributed by atoms with Crippen molar-refractivity contribution in [3.05, 3.63) is 24.3 Å². The molecular formula is C11H18N2O2S2. The number of nitrogens with one attached hydrogen (secondary N) is 1. The molecule has 0 radical (unpaired) electrons. The van der Waals surface area contributed by atoms with Gasteiger partial charge in [0.15, 0.2) is 0 Å². The first-order valence-electron chi connectivity index (χ1n) is 5.45. The molecule has 0 aromatic heterocycles. The second kappa shape index (κ2) is 6.28. The number of anilines is 1. The van der Waals surface area contributed by atoms with Crippen LogP contribution in [0, 0.1) is 0 Å². The number of benzene rings is 1. The predicted molar refractivity (Wildman–Crippen MR) is 73.7 cm³/mol. The van der Waals surface area contributed by atoms with Gasteiger partial charge in [0.25, 0.3) is 0 Å². The van der Waals surface area contributed by atoms with E-state index >= 15 is 0 Å². The fraction of sp³-hybridized carbons (Fsp3) is 0.455. The fourth-order valence-electron chi connectivity index (χ4n) is 1.44. The lowest BCUT2D eigenvalue weighted by Crippen LogP contribution is -2.35. The number of hydrogen-bond donors (Lipinski definition) is 1. The first-order chi connectivity index (χ1) is 8.03. The lowest BCUT2D eigenvalue weighted by molar-refractivity contribution is 0.449. The Hall–Kier alpha value is -0.720. The van der Waals surface area contributed by atoms with E-state index in [0.29, 0.717) is 18.8 Å². The summed E-state index contributed by atoms with van der Waals surface area (Å²) in [5.74, 6) is 0.